The molecule has 3 fully saturated rings. The van der Waals surface area contributed by atoms with E-state index in [2.05, 4.69) is 78.3 Å². The van der Waals surface area contributed by atoms with Gasteiger partial charge in [-0.3, -0.25) is 91.4 Å². The van der Waals surface area contributed by atoms with Crippen molar-refractivity contribution in [1.82, 2.24) is 103 Å². The predicted octanol–water partition coefficient (Wildman–Crippen LogP) is -4.56. The molecular weight excluding hydrogens is 1720 g/mol. The molecule has 9 rings (SSSR count). The van der Waals surface area contributed by atoms with E-state index >= 15 is 33.6 Å². The van der Waals surface area contributed by atoms with Crippen molar-refractivity contribution in [2.75, 3.05) is 58.9 Å². The van der Waals surface area contributed by atoms with Gasteiger partial charge in [-0.15, -0.1) is 11.8 Å². The first-order valence-corrected chi connectivity index (χ1v) is 44.4. The number of likely N-dealkylation sites (N-methyl/N-ethyl adjacent to an activating group) is 3. The summed E-state index contributed by atoms with van der Waals surface area (Å²) in [7, 11) is 3.85. The van der Waals surface area contributed by atoms with Gasteiger partial charge in [-0.25, -0.2) is 4.98 Å². The van der Waals surface area contributed by atoms with E-state index in [-0.39, 0.29) is 75.0 Å². The van der Waals surface area contributed by atoms with E-state index in [4.69, 9.17) is 17.2 Å². The maximum atomic E-state index is 15.6. The molecule has 0 saturated carbocycles. The molecule has 18 amide bonds. The van der Waals surface area contributed by atoms with Crippen LogP contribution in [-0.2, 0) is 112 Å². The number of amides is 18. The average molecular weight is 1840 g/mol. The molecule has 708 valence electrons. The zero-order valence-corrected chi connectivity index (χ0v) is 74.7. The Labute approximate surface area is 757 Å². The molecule has 131 heavy (non-hydrogen) atoms. The summed E-state index contributed by atoms with van der Waals surface area (Å²) in [4.78, 5) is 275. The van der Waals surface area contributed by atoms with Crippen molar-refractivity contribution >= 4 is 140 Å². The van der Waals surface area contributed by atoms with Crippen LogP contribution in [0.4, 0.5) is 0 Å². The summed E-state index contributed by atoms with van der Waals surface area (Å²) < 4.78 is 0. The van der Waals surface area contributed by atoms with Crippen LogP contribution in [0, 0.1) is 0 Å². The molecule has 0 aliphatic carbocycles. The highest BCUT2D eigenvalue weighted by Crippen LogP contribution is 2.27. The van der Waals surface area contributed by atoms with Crippen LogP contribution < -0.4 is 70.4 Å². The number of fused-ring (bicyclic) bond motifs is 4. The van der Waals surface area contributed by atoms with E-state index < -0.39 is 254 Å². The minimum absolute atomic E-state index is 0.00663. The lowest BCUT2D eigenvalue weighted by Crippen LogP contribution is -2.61. The summed E-state index contributed by atoms with van der Waals surface area (Å²) in [5.41, 5.74) is 19.2. The fraction of sp³-hybridized carbons (Fsp3) is 0.512. The first-order chi connectivity index (χ1) is 62.4. The van der Waals surface area contributed by atoms with Crippen molar-refractivity contribution in [3.05, 3.63) is 114 Å². The van der Waals surface area contributed by atoms with E-state index in [1.165, 1.54) is 71.8 Å². The zero-order chi connectivity index (χ0) is 95.6. The van der Waals surface area contributed by atoms with E-state index in [1.807, 2.05) is 13.8 Å². The SMILES string of the molecule is CCCC[C@H]1C(=O)N(C)[C@@H](CCCC)C(=O)N[C@@H](C)C(=O)N[C@H](C(=O)NCC(N)=O)CSCC(=O)N[C@@H](Cc2ccc(O)cc2)C(=O)N(C)[C@@H](C)C(=O)N[C@@H](CC(N)=O)C(=O)N2CCCC2C(=O)N[C@@H](Cc2cnc[nH]2)C(=O)N[C@@H](CCC(N)=O)C(=O)N2C[C@H](O)C[C@H]2C(=O)N[C@@H](Cc2c[nH]c3ccccc23)C(=O)N[C@@H](CO)C(=O)N[C@@H](Cc2n[nH]c3ccccc23)C(=O)N1C. The Morgan fingerprint density at radius 2 is 1.14 bits per heavy atom. The molecular formula is C86H117N23O21S. The number of carbonyl (C=O) groups is 18. The molecule has 3 aliphatic heterocycles. The van der Waals surface area contributed by atoms with Crippen molar-refractivity contribution in [3.63, 3.8) is 0 Å². The molecule has 3 aliphatic rings. The Kier molecular flexibility index (Phi) is 36.8. The highest BCUT2D eigenvalue weighted by molar-refractivity contribution is 8.00. The first kappa shape index (κ1) is 101. The van der Waals surface area contributed by atoms with E-state index in [9.17, 15) is 68.1 Å². The monoisotopic (exact) mass is 1840 g/mol. The normalized spacial score (nSPS) is 25.1. The van der Waals surface area contributed by atoms with Crippen LogP contribution in [0.25, 0.3) is 21.8 Å². The summed E-state index contributed by atoms with van der Waals surface area (Å²) in [6, 6.07) is -3.19. The summed E-state index contributed by atoms with van der Waals surface area (Å²) in [6.45, 7) is 3.63. The number of imidazole rings is 1. The molecule has 15 atom stereocenters. The molecule has 0 radical (unpaired) electrons. The fourth-order valence-corrected chi connectivity index (χ4v) is 16.7. The van der Waals surface area contributed by atoms with Gasteiger partial charge in [-0.1, -0.05) is 88.1 Å². The number of primary amides is 3. The Morgan fingerprint density at radius 1 is 0.550 bits per heavy atom. The number of nitrogens with one attached hydrogen (secondary N) is 13. The number of benzene rings is 3. The number of thioether (sulfide) groups is 1. The number of phenolic OH excluding ortho intramolecular Hbond substituents is 1. The van der Waals surface area contributed by atoms with Gasteiger partial charge < -0.3 is 120 Å². The Hall–Kier alpha value is -13.6. The minimum atomic E-state index is -1.93. The molecule has 6 heterocycles. The number of nitrogens with zero attached hydrogens (tertiary/aromatic N) is 7. The number of nitrogens with two attached hydrogens (primary N) is 3. The van der Waals surface area contributed by atoms with Gasteiger partial charge in [0.2, 0.25) is 106 Å². The van der Waals surface area contributed by atoms with Gasteiger partial charge in [0.15, 0.2) is 0 Å². The summed E-state index contributed by atoms with van der Waals surface area (Å²) in [5.74, 6) is -18.8. The van der Waals surface area contributed by atoms with Gasteiger partial charge in [-0.05, 0) is 81.3 Å². The van der Waals surface area contributed by atoms with E-state index in [0.717, 1.165) is 36.3 Å². The molecule has 3 aromatic carbocycles. The van der Waals surface area contributed by atoms with E-state index in [1.54, 1.807) is 54.7 Å². The lowest BCUT2D eigenvalue weighted by atomic mass is 10.0. The van der Waals surface area contributed by atoms with Gasteiger partial charge >= 0.3 is 0 Å². The van der Waals surface area contributed by atoms with Crippen molar-refractivity contribution in [1.29, 1.82) is 0 Å². The van der Waals surface area contributed by atoms with Crippen LogP contribution in [-0.4, -0.2) is 321 Å². The Morgan fingerprint density at radius 3 is 1.79 bits per heavy atom. The maximum absolute atomic E-state index is 15.6. The van der Waals surface area contributed by atoms with E-state index in [0.29, 0.717) is 58.6 Å². The van der Waals surface area contributed by atoms with Crippen molar-refractivity contribution in [2.24, 2.45) is 17.2 Å². The van der Waals surface area contributed by atoms with Crippen LogP contribution in [0.15, 0.2) is 91.5 Å². The third kappa shape index (κ3) is 27.5. The van der Waals surface area contributed by atoms with Crippen LogP contribution in [0.3, 0.4) is 0 Å². The Balaban J connectivity index is 1.08. The smallest absolute Gasteiger partial charge is 0.246 e. The van der Waals surface area contributed by atoms with Gasteiger partial charge in [0.1, 0.15) is 90.3 Å². The van der Waals surface area contributed by atoms with Crippen molar-refractivity contribution in [2.45, 2.75) is 221 Å². The third-order valence-electron chi connectivity index (χ3n) is 23.3. The second-order valence-electron chi connectivity index (χ2n) is 32.9. The number of unbranched alkanes of at least 4 members (excludes halogenated alkanes) is 2. The largest absolute Gasteiger partial charge is 0.508 e. The summed E-state index contributed by atoms with van der Waals surface area (Å²) >= 11 is 0.768. The number of aromatic hydroxyl groups is 1. The van der Waals surface area contributed by atoms with Crippen molar-refractivity contribution < 1.29 is 102 Å². The topological polar surface area (TPSA) is 656 Å². The molecule has 1 unspecified atom stereocenters. The number of aliphatic hydroxyl groups excluding tert-OH is 2. The van der Waals surface area contributed by atoms with Gasteiger partial charge in [0, 0.05) is 113 Å². The third-order valence-corrected chi connectivity index (χ3v) is 24.3. The molecule has 6 aromatic rings. The van der Waals surface area contributed by atoms with Crippen molar-refractivity contribution in [3.8, 4) is 5.75 Å². The van der Waals surface area contributed by atoms with Crippen LogP contribution in [0.5, 0.6) is 5.75 Å². The summed E-state index contributed by atoms with van der Waals surface area (Å²) in [6.07, 6.45) is 0.614. The number of phenols is 1. The lowest BCUT2D eigenvalue weighted by Gasteiger charge is -2.36. The van der Waals surface area contributed by atoms with Crippen LogP contribution in [0.1, 0.15) is 127 Å². The number of aromatic nitrogens is 5. The van der Waals surface area contributed by atoms with Gasteiger partial charge in [0.25, 0.3) is 0 Å². The highest BCUT2D eigenvalue weighted by atomic mass is 32.2. The molecule has 3 aromatic heterocycles. The first-order valence-electron chi connectivity index (χ1n) is 43.2. The number of aromatic amines is 3. The number of hydrogen-bond donors (Lipinski definition) is 19. The minimum Gasteiger partial charge on any atom is -0.508 e. The van der Waals surface area contributed by atoms with Gasteiger partial charge in [-0.2, -0.15) is 5.10 Å². The number of aliphatic hydroxyl groups is 2. The number of carbonyl (C=O) groups excluding carboxylic acids is 18. The van der Waals surface area contributed by atoms with Crippen LogP contribution >= 0.6 is 11.8 Å². The standard InChI is InChI=1S/C86H117N23O21S/c1-8-10-21-65-79(123)94-45(3)73(117)102-64(75(119)92-39-71(89)115)42-131-43-72(116)95-60(31-47-24-26-50(111)27-25-47)82(126)105(5)46(4)74(118)99-62(36-70(88)114)85(129)108-30-16-23-66(108)80(124)98-59(33-49-38-90-44-93-49)77(121)96-56(28-29-69(87)113)84(128)109-40-51(112)34-68(109)81(125)97-58(32-48-37-91-54-19-14-12-17-52(48)54)76(120)101-63(41-110)78(122)100-61(35-57-53-18-13-15-20-55(53)103-104-57)83(127)107(7)67(22-11-9-2)86(130)106(65)6/h12-15,17-20,24-27,37-38,44-46,51,56,58-68,91,110-112H,8-11,16,21-23,28-36,39-43H2,1-7H3,(H2,87,113)(H2,88,114)(H2,89,115)(H,90,93)(H,92,119)(H,94,123)(H,95,116)(H,96,121)(H,97,125)(H,98,124)(H,99,118)(H,100,122)(H,101,120)(H,102,117)(H,103,104)/t45-,46-,51+,56-,58-,59-,60-,61-,62-,63-,64-,65-,66?,67-,68-/m0/s1. The number of para-hydroxylation sites is 2. The molecule has 44 nitrogen and oxygen atoms in total. The second kappa shape index (κ2) is 47.6. The zero-order valence-electron chi connectivity index (χ0n) is 73.8. The highest BCUT2D eigenvalue weighted by Gasteiger charge is 2.47. The maximum Gasteiger partial charge on any atom is 0.246 e. The molecule has 45 heteroatoms. The number of hydrogen-bond acceptors (Lipinski definition) is 24. The molecule has 0 bridgehead atoms. The summed E-state index contributed by atoms with van der Waals surface area (Å²) in [5, 5.41) is 66.9. The lowest BCUT2D eigenvalue weighted by molar-refractivity contribution is -0.149. The Bertz CT molecular complexity index is 5130. The molecule has 22 N–H and O–H groups in total. The van der Waals surface area contributed by atoms with Gasteiger partial charge in [0.05, 0.1) is 49.0 Å². The number of rotatable bonds is 23. The molecule has 3 saturated heterocycles. The molecule has 0 spiro atoms. The van der Waals surface area contributed by atoms with Crippen LogP contribution in [0.2, 0.25) is 0 Å². The second-order valence-corrected chi connectivity index (χ2v) is 33.9. The fourth-order valence-electron chi connectivity index (χ4n) is 15.8. The predicted molar refractivity (Wildman–Crippen MR) is 473 cm³/mol. The number of H-pyrrole nitrogens is 3. The quantitative estimate of drug-likeness (QED) is 0.0287. The average Bonchev–Trinajstić information content (AvgIpc) is 1.62.